The summed E-state index contributed by atoms with van der Waals surface area (Å²) in [5, 5.41) is 9.21. The minimum absolute atomic E-state index is 0.0845. The lowest BCUT2D eigenvalue weighted by Crippen LogP contribution is -2.39. The molecule has 54 valence electrons. The van der Waals surface area contributed by atoms with Gasteiger partial charge in [-0.1, -0.05) is 6.92 Å². The number of β-amino-alcohol motifs (C(OH)–C–C–N with tert-alkyl or cyclic N) is 1. The summed E-state index contributed by atoms with van der Waals surface area (Å²) in [4.78, 5) is 2.18. The molecule has 0 aromatic carbocycles. The van der Waals surface area contributed by atoms with E-state index in [9.17, 15) is 5.11 Å². The Hall–Kier alpha value is -0.0800. The van der Waals surface area contributed by atoms with Crippen molar-refractivity contribution >= 4 is 0 Å². The van der Waals surface area contributed by atoms with E-state index in [1.165, 1.54) is 0 Å². The van der Waals surface area contributed by atoms with Crippen LogP contribution in [0.15, 0.2) is 0 Å². The molecule has 0 unspecified atom stereocenters. The van der Waals surface area contributed by atoms with Crippen molar-refractivity contribution in [1.29, 1.82) is 0 Å². The molecule has 1 heterocycles. The second kappa shape index (κ2) is 2.67. The van der Waals surface area contributed by atoms with Gasteiger partial charge in [-0.25, -0.2) is 0 Å². The Kier molecular flexibility index (Phi) is 2.09. The summed E-state index contributed by atoms with van der Waals surface area (Å²) < 4.78 is 0. The van der Waals surface area contributed by atoms with Crippen molar-refractivity contribution in [2.45, 2.75) is 19.4 Å². The largest absolute Gasteiger partial charge is 0.392 e. The Morgan fingerprint density at radius 2 is 2.11 bits per heavy atom. The SMILES string of the molecule is C[C@@H]1C[C@H](O)CN(C)C1. The third-order valence-electron chi connectivity index (χ3n) is 1.82. The molecule has 0 saturated carbocycles. The van der Waals surface area contributed by atoms with Crippen LogP contribution >= 0.6 is 0 Å². The normalized spacial score (nSPS) is 39.0. The van der Waals surface area contributed by atoms with Gasteiger partial charge in [0, 0.05) is 13.1 Å². The molecule has 0 amide bonds. The number of hydrogen-bond acceptors (Lipinski definition) is 2. The maximum Gasteiger partial charge on any atom is 0.0670 e. The number of piperidine rings is 1. The molecule has 1 saturated heterocycles. The molecule has 2 nitrogen and oxygen atoms in total. The highest BCUT2D eigenvalue weighted by molar-refractivity contribution is 4.73. The van der Waals surface area contributed by atoms with Crippen molar-refractivity contribution in [2.24, 2.45) is 5.92 Å². The third-order valence-corrected chi connectivity index (χ3v) is 1.82. The van der Waals surface area contributed by atoms with Crippen LogP contribution in [-0.4, -0.2) is 36.2 Å². The predicted molar refractivity (Wildman–Crippen MR) is 37.3 cm³/mol. The maximum atomic E-state index is 9.21. The van der Waals surface area contributed by atoms with Crippen LogP contribution in [0.3, 0.4) is 0 Å². The molecule has 1 aliphatic rings. The first-order valence-corrected chi connectivity index (χ1v) is 3.55. The Bertz CT molecular complexity index is 69.9. The minimum Gasteiger partial charge on any atom is -0.392 e. The molecule has 2 atom stereocenters. The van der Waals surface area contributed by atoms with Gasteiger partial charge in [0.2, 0.25) is 0 Å². The van der Waals surface area contributed by atoms with Crippen molar-refractivity contribution in [3.63, 3.8) is 0 Å². The van der Waals surface area contributed by atoms with Gasteiger partial charge in [0.1, 0.15) is 0 Å². The van der Waals surface area contributed by atoms with Crippen LogP contribution in [0.2, 0.25) is 0 Å². The Labute approximate surface area is 56.5 Å². The summed E-state index contributed by atoms with van der Waals surface area (Å²) in [5.41, 5.74) is 0. The van der Waals surface area contributed by atoms with Gasteiger partial charge in [-0.15, -0.1) is 0 Å². The van der Waals surface area contributed by atoms with E-state index in [2.05, 4.69) is 18.9 Å². The van der Waals surface area contributed by atoms with Crippen molar-refractivity contribution in [2.75, 3.05) is 20.1 Å². The van der Waals surface area contributed by atoms with Crippen LogP contribution in [-0.2, 0) is 0 Å². The minimum atomic E-state index is -0.0845. The van der Waals surface area contributed by atoms with E-state index in [-0.39, 0.29) is 6.10 Å². The third kappa shape index (κ3) is 1.95. The number of likely N-dealkylation sites (N-methyl/N-ethyl adjacent to an activating group) is 1. The van der Waals surface area contributed by atoms with Crippen LogP contribution in [0.5, 0.6) is 0 Å². The van der Waals surface area contributed by atoms with Crippen molar-refractivity contribution < 1.29 is 5.11 Å². The monoisotopic (exact) mass is 129 g/mol. The van der Waals surface area contributed by atoms with Gasteiger partial charge in [-0.2, -0.15) is 0 Å². The fraction of sp³-hybridized carbons (Fsp3) is 1.00. The second-order valence-electron chi connectivity index (χ2n) is 3.22. The lowest BCUT2D eigenvalue weighted by molar-refractivity contribution is 0.0582. The number of likely N-dealkylation sites (tertiary alicyclic amines) is 1. The van der Waals surface area contributed by atoms with E-state index in [1.54, 1.807) is 0 Å². The summed E-state index contributed by atoms with van der Waals surface area (Å²) in [6.45, 7) is 4.17. The smallest absolute Gasteiger partial charge is 0.0670 e. The standard InChI is InChI=1S/C7H15NO/c1-6-3-7(9)5-8(2)4-6/h6-7,9H,3-5H2,1-2H3/t6-,7+/m1/s1. The van der Waals surface area contributed by atoms with Crippen LogP contribution < -0.4 is 0 Å². The van der Waals surface area contributed by atoms with Gasteiger partial charge in [0.15, 0.2) is 0 Å². The maximum absolute atomic E-state index is 9.21. The van der Waals surface area contributed by atoms with E-state index in [1.807, 2.05) is 0 Å². The molecule has 0 aromatic heterocycles. The summed E-state index contributed by atoms with van der Waals surface area (Å²) in [7, 11) is 2.05. The molecule has 9 heavy (non-hydrogen) atoms. The van der Waals surface area contributed by atoms with E-state index >= 15 is 0 Å². The molecule has 1 fully saturated rings. The highest BCUT2D eigenvalue weighted by Crippen LogP contribution is 2.13. The zero-order chi connectivity index (χ0) is 6.85. The fourth-order valence-corrected chi connectivity index (χ4v) is 1.58. The zero-order valence-corrected chi connectivity index (χ0v) is 6.17. The van der Waals surface area contributed by atoms with Crippen molar-refractivity contribution in [3.8, 4) is 0 Å². The number of nitrogens with zero attached hydrogens (tertiary/aromatic N) is 1. The first-order chi connectivity index (χ1) is 4.18. The van der Waals surface area contributed by atoms with Crippen molar-refractivity contribution in [1.82, 2.24) is 4.90 Å². The number of aliphatic hydroxyl groups is 1. The molecule has 1 rings (SSSR count). The lowest BCUT2D eigenvalue weighted by atomic mass is 9.99. The summed E-state index contributed by atoms with van der Waals surface area (Å²) >= 11 is 0. The number of rotatable bonds is 0. The van der Waals surface area contributed by atoms with Gasteiger partial charge in [-0.05, 0) is 19.4 Å². The van der Waals surface area contributed by atoms with E-state index in [4.69, 9.17) is 0 Å². The number of hydrogen-bond donors (Lipinski definition) is 1. The molecule has 1 N–H and O–H groups in total. The molecular formula is C7H15NO. The first-order valence-electron chi connectivity index (χ1n) is 3.55. The average molecular weight is 129 g/mol. The molecule has 1 aliphatic heterocycles. The molecule has 0 aromatic rings. The van der Waals surface area contributed by atoms with Gasteiger partial charge in [0.05, 0.1) is 6.10 Å². The Morgan fingerprint density at radius 3 is 2.56 bits per heavy atom. The lowest BCUT2D eigenvalue weighted by Gasteiger charge is -2.30. The average Bonchev–Trinajstić information content (AvgIpc) is 1.59. The predicted octanol–water partition coefficient (Wildman–Crippen LogP) is 0.319. The molecular weight excluding hydrogens is 114 g/mol. The van der Waals surface area contributed by atoms with Crippen LogP contribution in [0, 0.1) is 5.92 Å². The quantitative estimate of drug-likeness (QED) is 0.509. The number of aliphatic hydroxyl groups excluding tert-OH is 1. The van der Waals surface area contributed by atoms with Crippen LogP contribution in [0.4, 0.5) is 0 Å². The second-order valence-corrected chi connectivity index (χ2v) is 3.22. The Balaban J connectivity index is 2.34. The highest BCUT2D eigenvalue weighted by atomic mass is 16.3. The summed E-state index contributed by atoms with van der Waals surface area (Å²) in [6.07, 6.45) is 0.892. The van der Waals surface area contributed by atoms with E-state index in [0.717, 1.165) is 19.5 Å². The topological polar surface area (TPSA) is 23.5 Å². The van der Waals surface area contributed by atoms with Crippen LogP contribution in [0.1, 0.15) is 13.3 Å². The first kappa shape index (κ1) is 7.03. The molecule has 0 radical (unpaired) electrons. The van der Waals surface area contributed by atoms with Gasteiger partial charge < -0.3 is 10.0 Å². The van der Waals surface area contributed by atoms with Gasteiger partial charge in [-0.3, -0.25) is 0 Å². The molecule has 2 heteroatoms. The van der Waals surface area contributed by atoms with Gasteiger partial charge in [0.25, 0.3) is 0 Å². The van der Waals surface area contributed by atoms with E-state index < -0.39 is 0 Å². The van der Waals surface area contributed by atoms with Crippen molar-refractivity contribution in [3.05, 3.63) is 0 Å². The summed E-state index contributed by atoms with van der Waals surface area (Å²) in [5.74, 6) is 0.666. The highest BCUT2D eigenvalue weighted by Gasteiger charge is 2.19. The van der Waals surface area contributed by atoms with Crippen LogP contribution in [0.25, 0.3) is 0 Å². The van der Waals surface area contributed by atoms with E-state index in [0.29, 0.717) is 5.92 Å². The van der Waals surface area contributed by atoms with Gasteiger partial charge >= 0.3 is 0 Å². The zero-order valence-electron chi connectivity index (χ0n) is 6.17. The molecule has 0 bridgehead atoms. The fourth-order valence-electron chi connectivity index (χ4n) is 1.58. The molecule has 0 spiro atoms. The molecule has 0 aliphatic carbocycles. The summed E-state index contributed by atoms with van der Waals surface area (Å²) in [6, 6.07) is 0. The Morgan fingerprint density at radius 1 is 1.44 bits per heavy atom.